The van der Waals surface area contributed by atoms with E-state index in [9.17, 15) is 8.78 Å². The third-order valence-electron chi connectivity index (χ3n) is 3.02. The molecule has 1 aromatic rings. The zero-order chi connectivity index (χ0) is 12.8. The minimum absolute atomic E-state index is 0.557. The molecule has 1 heterocycles. The Bertz CT molecular complexity index is 381. The lowest BCUT2D eigenvalue weighted by molar-refractivity contribution is 0.0384. The first-order chi connectivity index (χ1) is 8.75. The molecule has 1 aliphatic rings. The van der Waals surface area contributed by atoms with Crippen molar-refractivity contribution in [3.05, 3.63) is 35.4 Å². The first-order valence-electron chi connectivity index (χ1n) is 6.20. The van der Waals surface area contributed by atoms with E-state index in [1.807, 2.05) is 0 Å². The van der Waals surface area contributed by atoms with Crippen molar-refractivity contribution in [2.45, 2.75) is 6.54 Å². The van der Waals surface area contributed by atoms with Crippen LogP contribution in [0.5, 0.6) is 0 Å². The zero-order valence-electron chi connectivity index (χ0n) is 10.3. The van der Waals surface area contributed by atoms with Crippen LogP contribution in [0.25, 0.3) is 0 Å². The summed E-state index contributed by atoms with van der Waals surface area (Å²) in [5, 5.41) is 3.22. The van der Waals surface area contributed by atoms with Gasteiger partial charge in [0.15, 0.2) is 11.6 Å². The summed E-state index contributed by atoms with van der Waals surface area (Å²) in [6.07, 6.45) is 0. The van der Waals surface area contributed by atoms with Gasteiger partial charge in [-0.25, -0.2) is 8.78 Å². The second-order valence-corrected chi connectivity index (χ2v) is 4.38. The van der Waals surface area contributed by atoms with Gasteiger partial charge in [0, 0.05) is 32.7 Å². The van der Waals surface area contributed by atoms with Crippen molar-refractivity contribution < 1.29 is 13.5 Å². The van der Waals surface area contributed by atoms with Gasteiger partial charge in [-0.3, -0.25) is 4.90 Å². The number of halogens is 2. The van der Waals surface area contributed by atoms with Gasteiger partial charge in [-0.2, -0.15) is 0 Å². The molecule has 1 fully saturated rings. The maximum Gasteiger partial charge on any atom is 0.159 e. The molecule has 1 saturated heterocycles. The largest absolute Gasteiger partial charge is 0.379 e. The van der Waals surface area contributed by atoms with E-state index < -0.39 is 11.6 Å². The lowest BCUT2D eigenvalue weighted by Crippen LogP contribution is -2.40. The third kappa shape index (κ3) is 4.01. The highest BCUT2D eigenvalue weighted by Gasteiger charge is 2.09. The first-order valence-corrected chi connectivity index (χ1v) is 6.20. The fourth-order valence-electron chi connectivity index (χ4n) is 1.94. The van der Waals surface area contributed by atoms with Crippen LogP contribution in [0.3, 0.4) is 0 Å². The van der Waals surface area contributed by atoms with Crippen LogP contribution < -0.4 is 5.32 Å². The maximum absolute atomic E-state index is 13.0. The minimum Gasteiger partial charge on any atom is -0.379 e. The van der Waals surface area contributed by atoms with Gasteiger partial charge in [-0.1, -0.05) is 6.07 Å². The van der Waals surface area contributed by atoms with Crippen LogP contribution >= 0.6 is 0 Å². The second-order valence-electron chi connectivity index (χ2n) is 4.38. The molecule has 0 aromatic heterocycles. The van der Waals surface area contributed by atoms with Crippen molar-refractivity contribution in [3.8, 4) is 0 Å². The Balaban J connectivity index is 1.66. The molecule has 2 rings (SSSR count). The molecule has 1 aromatic carbocycles. The van der Waals surface area contributed by atoms with E-state index in [0.29, 0.717) is 6.54 Å². The lowest BCUT2D eigenvalue weighted by Gasteiger charge is -2.26. The van der Waals surface area contributed by atoms with E-state index >= 15 is 0 Å². The van der Waals surface area contributed by atoms with Crippen LogP contribution in [0, 0.1) is 11.6 Å². The number of nitrogens with zero attached hydrogens (tertiary/aromatic N) is 1. The molecule has 0 amide bonds. The van der Waals surface area contributed by atoms with Crippen LogP contribution in [0.2, 0.25) is 0 Å². The third-order valence-corrected chi connectivity index (χ3v) is 3.02. The molecule has 0 atom stereocenters. The fraction of sp³-hybridized carbons (Fsp3) is 0.538. The molecule has 0 bridgehead atoms. The summed E-state index contributed by atoms with van der Waals surface area (Å²) < 4.78 is 30.9. The van der Waals surface area contributed by atoms with Crippen molar-refractivity contribution in [2.24, 2.45) is 0 Å². The van der Waals surface area contributed by atoms with Gasteiger partial charge in [0.2, 0.25) is 0 Å². The summed E-state index contributed by atoms with van der Waals surface area (Å²) >= 11 is 0. The predicted octanol–water partition coefficient (Wildman–Crippen LogP) is 1.39. The normalized spacial score (nSPS) is 17.0. The van der Waals surface area contributed by atoms with E-state index in [0.717, 1.165) is 51.0 Å². The smallest absolute Gasteiger partial charge is 0.159 e. The standard InChI is InChI=1S/C13H18F2N2O/c14-12-2-1-11(9-13(12)15)10-16-3-4-17-5-7-18-8-6-17/h1-2,9,16H,3-8,10H2. The summed E-state index contributed by atoms with van der Waals surface area (Å²) in [6.45, 7) is 5.86. The molecule has 0 unspecified atom stereocenters. The number of hydrogen-bond acceptors (Lipinski definition) is 3. The average Bonchev–Trinajstić information content (AvgIpc) is 2.40. The lowest BCUT2D eigenvalue weighted by atomic mass is 10.2. The van der Waals surface area contributed by atoms with Crippen LogP contribution in [0.1, 0.15) is 5.56 Å². The molecular formula is C13H18F2N2O. The van der Waals surface area contributed by atoms with Crippen molar-refractivity contribution in [1.82, 2.24) is 10.2 Å². The molecular weight excluding hydrogens is 238 g/mol. The fourth-order valence-corrected chi connectivity index (χ4v) is 1.94. The average molecular weight is 256 g/mol. The van der Waals surface area contributed by atoms with Gasteiger partial charge in [0.25, 0.3) is 0 Å². The molecule has 0 radical (unpaired) electrons. The van der Waals surface area contributed by atoms with Gasteiger partial charge in [0.05, 0.1) is 13.2 Å². The van der Waals surface area contributed by atoms with Gasteiger partial charge >= 0.3 is 0 Å². The summed E-state index contributed by atoms with van der Waals surface area (Å²) in [7, 11) is 0. The van der Waals surface area contributed by atoms with E-state index in [4.69, 9.17) is 4.74 Å². The first kappa shape index (κ1) is 13.4. The number of hydrogen-bond donors (Lipinski definition) is 1. The number of nitrogens with one attached hydrogen (secondary N) is 1. The van der Waals surface area contributed by atoms with Crippen LogP contribution in [0.15, 0.2) is 18.2 Å². The monoisotopic (exact) mass is 256 g/mol. The highest BCUT2D eigenvalue weighted by molar-refractivity contribution is 5.17. The number of rotatable bonds is 5. The number of benzene rings is 1. The Labute approximate surface area is 106 Å². The topological polar surface area (TPSA) is 24.5 Å². The van der Waals surface area contributed by atoms with Gasteiger partial charge < -0.3 is 10.1 Å². The molecule has 3 nitrogen and oxygen atoms in total. The summed E-state index contributed by atoms with van der Waals surface area (Å²) in [5.41, 5.74) is 0.760. The van der Waals surface area contributed by atoms with Gasteiger partial charge in [0.1, 0.15) is 0 Å². The van der Waals surface area contributed by atoms with E-state index in [2.05, 4.69) is 10.2 Å². The molecule has 5 heteroatoms. The van der Waals surface area contributed by atoms with Crippen LogP contribution in [-0.4, -0.2) is 44.3 Å². The maximum atomic E-state index is 13.0. The Morgan fingerprint density at radius 2 is 1.94 bits per heavy atom. The van der Waals surface area contributed by atoms with Gasteiger partial charge in [-0.15, -0.1) is 0 Å². The quantitative estimate of drug-likeness (QED) is 0.806. The summed E-state index contributed by atoms with van der Waals surface area (Å²) in [5.74, 6) is -1.59. The Morgan fingerprint density at radius 3 is 2.67 bits per heavy atom. The van der Waals surface area contributed by atoms with Crippen molar-refractivity contribution in [3.63, 3.8) is 0 Å². The zero-order valence-corrected chi connectivity index (χ0v) is 10.3. The predicted molar refractivity (Wildman–Crippen MR) is 65.3 cm³/mol. The van der Waals surface area contributed by atoms with Crippen molar-refractivity contribution in [1.29, 1.82) is 0 Å². The molecule has 100 valence electrons. The van der Waals surface area contributed by atoms with E-state index in [1.165, 1.54) is 6.07 Å². The highest BCUT2D eigenvalue weighted by Crippen LogP contribution is 2.08. The molecule has 0 aliphatic carbocycles. The van der Waals surface area contributed by atoms with Crippen LogP contribution in [0.4, 0.5) is 8.78 Å². The highest BCUT2D eigenvalue weighted by atomic mass is 19.2. The second kappa shape index (κ2) is 6.78. The van der Waals surface area contributed by atoms with Gasteiger partial charge in [-0.05, 0) is 17.7 Å². The Kier molecular flexibility index (Phi) is 5.04. The van der Waals surface area contributed by atoms with Crippen LogP contribution in [-0.2, 0) is 11.3 Å². The van der Waals surface area contributed by atoms with E-state index in [1.54, 1.807) is 6.07 Å². The summed E-state index contributed by atoms with van der Waals surface area (Å²) in [4.78, 5) is 2.32. The Morgan fingerprint density at radius 1 is 1.17 bits per heavy atom. The number of morpholine rings is 1. The number of ether oxygens (including phenoxy) is 1. The SMILES string of the molecule is Fc1ccc(CNCCN2CCOCC2)cc1F. The summed E-state index contributed by atoms with van der Waals surface area (Å²) in [6, 6.07) is 3.99. The van der Waals surface area contributed by atoms with Crippen molar-refractivity contribution in [2.75, 3.05) is 39.4 Å². The molecule has 18 heavy (non-hydrogen) atoms. The molecule has 1 aliphatic heterocycles. The molecule has 0 saturated carbocycles. The molecule has 1 N–H and O–H groups in total. The minimum atomic E-state index is -0.799. The Hall–Kier alpha value is -1.04. The van der Waals surface area contributed by atoms with Crippen molar-refractivity contribution >= 4 is 0 Å². The molecule has 0 spiro atoms. The van der Waals surface area contributed by atoms with E-state index in [-0.39, 0.29) is 0 Å².